The smallest absolute Gasteiger partial charge is 0.293 e. The lowest BCUT2D eigenvalue weighted by atomic mass is 10.0. The first-order valence-corrected chi connectivity index (χ1v) is 5.14. The second-order valence-corrected chi connectivity index (χ2v) is 4.47. The van der Waals surface area contributed by atoms with Crippen molar-refractivity contribution in [2.24, 2.45) is 5.73 Å². The summed E-state index contributed by atoms with van der Waals surface area (Å²) in [5.74, 6) is -0.609. The molecule has 0 bridgehead atoms. The van der Waals surface area contributed by atoms with E-state index in [0.717, 1.165) is 0 Å². The van der Waals surface area contributed by atoms with Crippen LogP contribution in [0.25, 0.3) is 0 Å². The van der Waals surface area contributed by atoms with Gasteiger partial charge in [0.1, 0.15) is 11.2 Å². The maximum Gasteiger partial charge on any atom is 0.293 e. The van der Waals surface area contributed by atoms with Crippen LogP contribution in [0.2, 0.25) is 5.02 Å². The van der Waals surface area contributed by atoms with Crippen LogP contribution in [0.5, 0.6) is 0 Å². The van der Waals surface area contributed by atoms with Gasteiger partial charge in [-0.05, 0) is 26.0 Å². The number of rotatable bonds is 4. The van der Waals surface area contributed by atoms with Crippen molar-refractivity contribution in [2.45, 2.75) is 19.4 Å². The van der Waals surface area contributed by atoms with Gasteiger partial charge in [-0.1, -0.05) is 11.6 Å². The van der Waals surface area contributed by atoms with Gasteiger partial charge in [0.25, 0.3) is 5.69 Å². The molecule has 0 aromatic heterocycles. The minimum Gasteiger partial charge on any atom is -0.368 e. The Balaban J connectivity index is 3.15. The Hall–Kier alpha value is -1.82. The van der Waals surface area contributed by atoms with Gasteiger partial charge in [-0.25, -0.2) is 0 Å². The molecule has 0 fully saturated rings. The number of benzene rings is 1. The van der Waals surface area contributed by atoms with Crippen molar-refractivity contribution in [3.05, 3.63) is 33.3 Å². The third kappa shape index (κ3) is 3.07. The van der Waals surface area contributed by atoms with Crippen molar-refractivity contribution in [3.63, 3.8) is 0 Å². The molecular weight excluding hydrogens is 246 g/mol. The number of primary amides is 1. The number of hydrogen-bond acceptors (Lipinski definition) is 4. The number of amides is 1. The Morgan fingerprint density at radius 1 is 1.53 bits per heavy atom. The molecule has 0 radical (unpaired) electrons. The SMILES string of the molecule is CC(C)(Nc1ccc(Cl)cc1[N+](=O)[O-])C(N)=O. The second-order valence-electron chi connectivity index (χ2n) is 4.03. The van der Waals surface area contributed by atoms with Gasteiger partial charge in [-0.2, -0.15) is 0 Å². The lowest BCUT2D eigenvalue weighted by molar-refractivity contribution is -0.384. The van der Waals surface area contributed by atoms with E-state index in [0.29, 0.717) is 0 Å². The molecule has 17 heavy (non-hydrogen) atoms. The highest BCUT2D eigenvalue weighted by atomic mass is 35.5. The van der Waals surface area contributed by atoms with Gasteiger partial charge >= 0.3 is 0 Å². The van der Waals surface area contributed by atoms with E-state index in [1.807, 2.05) is 0 Å². The van der Waals surface area contributed by atoms with Crippen molar-refractivity contribution in [2.75, 3.05) is 5.32 Å². The highest BCUT2D eigenvalue weighted by molar-refractivity contribution is 6.30. The summed E-state index contributed by atoms with van der Waals surface area (Å²) < 4.78 is 0. The lowest BCUT2D eigenvalue weighted by Gasteiger charge is -2.23. The van der Waals surface area contributed by atoms with Gasteiger partial charge in [0.2, 0.25) is 5.91 Å². The third-order valence-electron chi connectivity index (χ3n) is 2.22. The van der Waals surface area contributed by atoms with Gasteiger partial charge in [-0.15, -0.1) is 0 Å². The van der Waals surface area contributed by atoms with Crippen LogP contribution in [0.4, 0.5) is 11.4 Å². The number of anilines is 1. The fraction of sp³-hybridized carbons (Fsp3) is 0.300. The Morgan fingerprint density at radius 3 is 2.59 bits per heavy atom. The number of nitrogens with one attached hydrogen (secondary N) is 1. The predicted octanol–water partition coefficient (Wildman–Crippen LogP) is 1.92. The molecule has 0 aliphatic heterocycles. The van der Waals surface area contributed by atoms with Crippen LogP contribution in [0.1, 0.15) is 13.8 Å². The zero-order chi connectivity index (χ0) is 13.2. The van der Waals surface area contributed by atoms with Crippen LogP contribution >= 0.6 is 11.6 Å². The molecule has 1 rings (SSSR count). The Morgan fingerprint density at radius 2 is 2.12 bits per heavy atom. The molecule has 0 aliphatic rings. The summed E-state index contributed by atoms with van der Waals surface area (Å²) >= 11 is 5.67. The summed E-state index contributed by atoms with van der Waals surface area (Å²) in [4.78, 5) is 21.4. The molecule has 92 valence electrons. The number of hydrogen-bond donors (Lipinski definition) is 2. The van der Waals surface area contributed by atoms with E-state index in [2.05, 4.69) is 5.32 Å². The van der Waals surface area contributed by atoms with Crippen molar-refractivity contribution in [1.29, 1.82) is 0 Å². The third-order valence-corrected chi connectivity index (χ3v) is 2.45. The predicted molar refractivity (Wildman–Crippen MR) is 65.0 cm³/mol. The summed E-state index contributed by atoms with van der Waals surface area (Å²) in [5.41, 5.74) is 4.09. The second kappa shape index (κ2) is 4.58. The van der Waals surface area contributed by atoms with Gasteiger partial charge in [-0.3, -0.25) is 14.9 Å². The molecular formula is C10H12ClN3O3. The molecule has 1 amide bonds. The van der Waals surface area contributed by atoms with Crippen LogP contribution in [-0.2, 0) is 4.79 Å². The van der Waals surface area contributed by atoms with E-state index in [9.17, 15) is 14.9 Å². The average molecular weight is 258 g/mol. The molecule has 3 N–H and O–H groups in total. The maximum atomic E-state index is 11.1. The molecule has 0 unspecified atom stereocenters. The fourth-order valence-electron chi connectivity index (χ4n) is 1.16. The zero-order valence-electron chi connectivity index (χ0n) is 9.36. The van der Waals surface area contributed by atoms with Crippen LogP contribution in [-0.4, -0.2) is 16.4 Å². The molecule has 7 heteroatoms. The highest BCUT2D eigenvalue weighted by Gasteiger charge is 2.27. The van der Waals surface area contributed by atoms with E-state index in [-0.39, 0.29) is 16.4 Å². The summed E-state index contributed by atoms with van der Waals surface area (Å²) in [5, 5.41) is 13.8. The molecule has 1 aromatic carbocycles. The summed E-state index contributed by atoms with van der Waals surface area (Å²) in [6, 6.07) is 4.14. The monoisotopic (exact) mass is 257 g/mol. The number of nitrogens with two attached hydrogens (primary N) is 1. The van der Waals surface area contributed by atoms with Crippen molar-refractivity contribution >= 4 is 28.9 Å². The minimum atomic E-state index is -1.08. The molecule has 0 aliphatic carbocycles. The topological polar surface area (TPSA) is 98.3 Å². The van der Waals surface area contributed by atoms with Gasteiger partial charge in [0, 0.05) is 11.1 Å². The number of carbonyl (C=O) groups excluding carboxylic acids is 1. The van der Waals surface area contributed by atoms with Crippen LogP contribution < -0.4 is 11.1 Å². The normalized spacial score (nSPS) is 11.0. The average Bonchev–Trinajstić information content (AvgIpc) is 2.19. The Labute approximate surface area is 103 Å². The quantitative estimate of drug-likeness (QED) is 0.636. The van der Waals surface area contributed by atoms with Gasteiger partial charge in [0.15, 0.2) is 0 Å². The zero-order valence-corrected chi connectivity index (χ0v) is 10.1. The van der Waals surface area contributed by atoms with Crippen LogP contribution in [0, 0.1) is 10.1 Å². The van der Waals surface area contributed by atoms with Crippen LogP contribution in [0.3, 0.4) is 0 Å². The number of nitro benzene ring substituents is 1. The standard InChI is InChI=1S/C10H12ClN3O3/c1-10(2,9(12)15)13-7-4-3-6(11)5-8(7)14(16)17/h3-5,13H,1-2H3,(H2,12,15). The molecule has 6 nitrogen and oxygen atoms in total. The highest BCUT2D eigenvalue weighted by Crippen LogP contribution is 2.29. The number of halogens is 1. The number of nitrogens with zero attached hydrogens (tertiary/aromatic N) is 1. The Kier molecular flexibility index (Phi) is 3.57. The van der Waals surface area contributed by atoms with E-state index >= 15 is 0 Å². The summed E-state index contributed by atoms with van der Waals surface area (Å²) in [7, 11) is 0. The van der Waals surface area contributed by atoms with E-state index in [1.165, 1.54) is 32.0 Å². The first-order chi connectivity index (χ1) is 7.74. The number of carbonyl (C=O) groups is 1. The van der Waals surface area contributed by atoms with Gasteiger partial charge in [0.05, 0.1) is 4.92 Å². The first kappa shape index (κ1) is 13.2. The first-order valence-electron chi connectivity index (χ1n) is 4.76. The van der Waals surface area contributed by atoms with E-state index in [4.69, 9.17) is 17.3 Å². The summed E-state index contributed by atoms with van der Waals surface area (Å²) in [6.07, 6.45) is 0. The van der Waals surface area contributed by atoms with Crippen LogP contribution in [0.15, 0.2) is 18.2 Å². The molecule has 0 saturated heterocycles. The van der Waals surface area contributed by atoms with E-state index < -0.39 is 16.4 Å². The van der Waals surface area contributed by atoms with E-state index in [1.54, 1.807) is 0 Å². The fourth-order valence-corrected chi connectivity index (χ4v) is 1.33. The molecule has 0 heterocycles. The summed E-state index contributed by atoms with van der Waals surface area (Å²) in [6.45, 7) is 3.07. The van der Waals surface area contributed by atoms with Gasteiger partial charge < -0.3 is 11.1 Å². The molecule has 0 saturated carbocycles. The minimum absolute atomic E-state index is 0.197. The van der Waals surface area contributed by atoms with Crippen molar-refractivity contribution in [3.8, 4) is 0 Å². The maximum absolute atomic E-state index is 11.1. The molecule has 0 spiro atoms. The lowest BCUT2D eigenvalue weighted by Crippen LogP contribution is -2.45. The van der Waals surface area contributed by atoms with Crippen molar-refractivity contribution < 1.29 is 9.72 Å². The van der Waals surface area contributed by atoms with Crippen molar-refractivity contribution in [1.82, 2.24) is 0 Å². The molecule has 0 atom stereocenters. The largest absolute Gasteiger partial charge is 0.368 e. The Bertz CT molecular complexity index is 474. The number of nitro groups is 1. The molecule has 1 aromatic rings.